The number of carbonyl (C=O) groups is 1. The highest BCUT2D eigenvalue weighted by Gasteiger charge is 2.13. The summed E-state index contributed by atoms with van der Waals surface area (Å²) in [6.07, 6.45) is 3.00. The second-order valence-corrected chi connectivity index (χ2v) is 7.51. The first-order valence-electron chi connectivity index (χ1n) is 7.16. The van der Waals surface area contributed by atoms with Gasteiger partial charge in [-0.2, -0.15) is 0 Å². The molecular formula is C17H22N2OS. The quantitative estimate of drug-likeness (QED) is 0.914. The van der Waals surface area contributed by atoms with E-state index in [4.69, 9.17) is 0 Å². The Hall–Kier alpha value is -1.68. The molecule has 21 heavy (non-hydrogen) atoms. The summed E-state index contributed by atoms with van der Waals surface area (Å²) in [6, 6.07) is 8.53. The van der Waals surface area contributed by atoms with Crippen molar-refractivity contribution in [3.8, 4) is 0 Å². The summed E-state index contributed by atoms with van der Waals surface area (Å²) in [4.78, 5) is 17.1. The summed E-state index contributed by atoms with van der Waals surface area (Å²) in [5, 5.41) is 3.52. The van der Waals surface area contributed by atoms with E-state index in [1.807, 2.05) is 6.92 Å². The van der Waals surface area contributed by atoms with Crippen molar-refractivity contribution < 1.29 is 4.79 Å². The summed E-state index contributed by atoms with van der Waals surface area (Å²) < 4.78 is 0. The molecule has 0 aliphatic carbocycles. The molecule has 0 bridgehead atoms. The first kappa shape index (κ1) is 15.7. The fourth-order valence-corrected chi connectivity index (χ4v) is 2.70. The molecule has 1 amide bonds. The van der Waals surface area contributed by atoms with Gasteiger partial charge in [-0.1, -0.05) is 45.0 Å². The van der Waals surface area contributed by atoms with Crippen LogP contribution in [0, 0.1) is 6.92 Å². The van der Waals surface area contributed by atoms with E-state index in [-0.39, 0.29) is 11.3 Å². The summed E-state index contributed by atoms with van der Waals surface area (Å²) in [5.41, 5.74) is 2.67. The van der Waals surface area contributed by atoms with Crippen molar-refractivity contribution in [2.45, 2.75) is 46.0 Å². The lowest BCUT2D eigenvalue weighted by Gasteiger charge is -2.19. The van der Waals surface area contributed by atoms with E-state index in [1.165, 1.54) is 22.5 Å². The molecular weight excluding hydrogens is 280 g/mol. The minimum atomic E-state index is 0.0178. The maximum atomic E-state index is 11.9. The Kier molecular flexibility index (Phi) is 4.78. The Bertz CT molecular complexity index is 608. The Morgan fingerprint density at radius 1 is 1.24 bits per heavy atom. The van der Waals surface area contributed by atoms with Crippen LogP contribution in [-0.2, 0) is 16.6 Å². The van der Waals surface area contributed by atoms with Gasteiger partial charge < -0.3 is 5.32 Å². The highest BCUT2D eigenvalue weighted by molar-refractivity contribution is 7.15. The number of nitrogens with zero attached hydrogens (tertiary/aromatic N) is 1. The Balaban J connectivity index is 1.86. The summed E-state index contributed by atoms with van der Waals surface area (Å²) in [6.45, 7) is 8.58. The zero-order valence-corrected chi connectivity index (χ0v) is 13.9. The van der Waals surface area contributed by atoms with Gasteiger partial charge in [0, 0.05) is 17.5 Å². The predicted molar refractivity (Wildman–Crippen MR) is 88.9 cm³/mol. The Labute approximate surface area is 130 Å². The number of aromatic nitrogens is 1. The van der Waals surface area contributed by atoms with Crippen LogP contribution in [0.1, 0.15) is 43.2 Å². The van der Waals surface area contributed by atoms with Gasteiger partial charge in [-0.25, -0.2) is 4.98 Å². The largest absolute Gasteiger partial charge is 0.302 e. The first-order valence-corrected chi connectivity index (χ1v) is 7.98. The van der Waals surface area contributed by atoms with Gasteiger partial charge in [-0.05, 0) is 29.9 Å². The SMILES string of the molecule is Cc1cnc(NC(=O)CCc2ccc(C(C)(C)C)cc2)s1. The van der Waals surface area contributed by atoms with Crippen LogP contribution in [-0.4, -0.2) is 10.9 Å². The molecule has 0 aliphatic heterocycles. The van der Waals surface area contributed by atoms with Crippen LogP contribution in [0.4, 0.5) is 5.13 Å². The van der Waals surface area contributed by atoms with Gasteiger partial charge in [0.15, 0.2) is 5.13 Å². The number of hydrogen-bond donors (Lipinski definition) is 1. The minimum Gasteiger partial charge on any atom is -0.302 e. The molecule has 0 aliphatic rings. The summed E-state index contributed by atoms with van der Waals surface area (Å²) in [5.74, 6) is 0.0178. The van der Waals surface area contributed by atoms with Gasteiger partial charge in [-0.15, -0.1) is 11.3 Å². The van der Waals surface area contributed by atoms with Gasteiger partial charge in [-0.3, -0.25) is 4.79 Å². The maximum Gasteiger partial charge on any atom is 0.226 e. The monoisotopic (exact) mass is 302 g/mol. The number of anilines is 1. The van der Waals surface area contributed by atoms with Crippen LogP contribution in [0.3, 0.4) is 0 Å². The topological polar surface area (TPSA) is 42.0 Å². The van der Waals surface area contributed by atoms with Crippen molar-refractivity contribution in [1.82, 2.24) is 4.98 Å². The smallest absolute Gasteiger partial charge is 0.226 e. The molecule has 1 aromatic carbocycles. The third-order valence-electron chi connectivity index (χ3n) is 3.33. The van der Waals surface area contributed by atoms with E-state index in [2.05, 4.69) is 55.3 Å². The number of nitrogens with one attached hydrogen (secondary N) is 1. The predicted octanol–water partition coefficient (Wildman–Crippen LogP) is 4.32. The molecule has 0 radical (unpaired) electrons. The Morgan fingerprint density at radius 3 is 2.43 bits per heavy atom. The molecule has 112 valence electrons. The maximum absolute atomic E-state index is 11.9. The molecule has 1 aromatic heterocycles. The average Bonchev–Trinajstić information content (AvgIpc) is 2.81. The van der Waals surface area contributed by atoms with E-state index in [9.17, 15) is 4.79 Å². The van der Waals surface area contributed by atoms with E-state index >= 15 is 0 Å². The van der Waals surface area contributed by atoms with Crippen LogP contribution in [0.15, 0.2) is 30.5 Å². The van der Waals surface area contributed by atoms with Crippen LogP contribution in [0.2, 0.25) is 0 Å². The van der Waals surface area contributed by atoms with E-state index in [0.717, 1.165) is 11.3 Å². The molecule has 0 saturated carbocycles. The van der Waals surface area contributed by atoms with E-state index < -0.39 is 0 Å². The molecule has 4 heteroatoms. The third-order valence-corrected chi connectivity index (χ3v) is 4.16. The lowest BCUT2D eigenvalue weighted by atomic mass is 9.86. The van der Waals surface area contributed by atoms with E-state index in [1.54, 1.807) is 6.20 Å². The minimum absolute atomic E-state index is 0.0178. The lowest BCUT2D eigenvalue weighted by Crippen LogP contribution is -2.12. The fraction of sp³-hybridized carbons (Fsp3) is 0.412. The molecule has 0 saturated heterocycles. The molecule has 0 fully saturated rings. The van der Waals surface area contributed by atoms with Gasteiger partial charge in [0.05, 0.1) is 0 Å². The van der Waals surface area contributed by atoms with Crippen molar-refractivity contribution in [2.75, 3.05) is 5.32 Å². The second-order valence-electron chi connectivity index (χ2n) is 6.27. The molecule has 2 aromatic rings. The lowest BCUT2D eigenvalue weighted by molar-refractivity contribution is -0.116. The third kappa shape index (κ3) is 4.67. The molecule has 2 rings (SSSR count). The molecule has 1 heterocycles. The zero-order valence-electron chi connectivity index (χ0n) is 13.1. The van der Waals surface area contributed by atoms with Crippen molar-refractivity contribution in [1.29, 1.82) is 0 Å². The number of amides is 1. The van der Waals surface area contributed by atoms with Gasteiger partial charge in [0.2, 0.25) is 5.91 Å². The van der Waals surface area contributed by atoms with Gasteiger partial charge in [0.1, 0.15) is 0 Å². The fourth-order valence-electron chi connectivity index (χ4n) is 2.02. The van der Waals surface area contributed by atoms with Crippen molar-refractivity contribution in [2.24, 2.45) is 0 Å². The van der Waals surface area contributed by atoms with Gasteiger partial charge >= 0.3 is 0 Å². The van der Waals surface area contributed by atoms with Gasteiger partial charge in [0.25, 0.3) is 0 Å². The normalized spacial score (nSPS) is 11.4. The number of aryl methyl sites for hydroxylation is 2. The van der Waals surface area contributed by atoms with Crippen LogP contribution in [0.25, 0.3) is 0 Å². The second kappa shape index (κ2) is 6.39. The van der Waals surface area contributed by atoms with Crippen molar-refractivity contribution >= 4 is 22.4 Å². The zero-order chi connectivity index (χ0) is 15.5. The number of carbonyl (C=O) groups excluding carboxylic acids is 1. The summed E-state index contributed by atoms with van der Waals surface area (Å²) in [7, 11) is 0. The molecule has 0 unspecified atom stereocenters. The average molecular weight is 302 g/mol. The summed E-state index contributed by atoms with van der Waals surface area (Å²) >= 11 is 1.50. The number of thiazole rings is 1. The number of benzene rings is 1. The van der Waals surface area contributed by atoms with Crippen LogP contribution < -0.4 is 5.32 Å². The van der Waals surface area contributed by atoms with Crippen molar-refractivity contribution in [3.63, 3.8) is 0 Å². The molecule has 0 atom stereocenters. The number of rotatable bonds is 4. The van der Waals surface area contributed by atoms with Crippen molar-refractivity contribution in [3.05, 3.63) is 46.5 Å². The van der Waals surface area contributed by atoms with E-state index in [0.29, 0.717) is 11.6 Å². The Morgan fingerprint density at radius 2 is 1.90 bits per heavy atom. The molecule has 0 spiro atoms. The first-order chi connectivity index (χ1) is 9.84. The molecule has 3 nitrogen and oxygen atoms in total. The van der Waals surface area contributed by atoms with Crippen LogP contribution in [0.5, 0.6) is 0 Å². The standard InChI is InChI=1S/C17H22N2OS/c1-12-11-18-16(21-12)19-15(20)10-7-13-5-8-14(9-6-13)17(2,3)4/h5-6,8-9,11H,7,10H2,1-4H3,(H,18,19,20). The molecule has 1 N–H and O–H groups in total. The van der Waals surface area contributed by atoms with Crippen LogP contribution >= 0.6 is 11.3 Å². The highest BCUT2D eigenvalue weighted by Crippen LogP contribution is 2.22. The highest BCUT2D eigenvalue weighted by atomic mass is 32.1. The number of hydrogen-bond acceptors (Lipinski definition) is 3.